The van der Waals surface area contributed by atoms with Gasteiger partial charge in [-0.1, -0.05) is 0 Å². The normalized spacial score (nSPS) is 18.1. The summed E-state index contributed by atoms with van der Waals surface area (Å²) in [6.07, 6.45) is 2.63. The summed E-state index contributed by atoms with van der Waals surface area (Å²) in [6.45, 7) is 2.56. The molecule has 0 saturated carbocycles. The van der Waals surface area contributed by atoms with Crippen molar-refractivity contribution in [3.63, 3.8) is 0 Å². The van der Waals surface area contributed by atoms with Crippen molar-refractivity contribution in [2.75, 3.05) is 33.9 Å². The smallest absolute Gasteiger partial charge is 0.224 e. The third kappa shape index (κ3) is 3.27. The molecule has 0 aromatic rings. The first-order chi connectivity index (χ1) is 6.75. The van der Waals surface area contributed by atoms with Crippen LogP contribution in [-0.4, -0.2) is 50.7 Å². The third-order valence-corrected chi connectivity index (χ3v) is 2.77. The molecule has 1 N–H and O–H groups in total. The Kier molecular flexibility index (Phi) is 4.90. The second-order valence-electron chi connectivity index (χ2n) is 3.73. The summed E-state index contributed by atoms with van der Waals surface area (Å²) in [5.41, 5.74) is 0. The van der Waals surface area contributed by atoms with Crippen LogP contribution in [0.5, 0.6) is 0 Å². The van der Waals surface area contributed by atoms with Crippen molar-refractivity contribution in [3.05, 3.63) is 0 Å². The summed E-state index contributed by atoms with van der Waals surface area (Å²) in [6, 6.07) is 0.417. The Morgan fingerprint density at radius 3 is 2.71 bits per heavy atom. The molecule has 1 aliphatic rings. The van der Waals surface area contributed by atoms with Crippen LogP contribution in [0.1, 0.15) is 19.3 Å². The molecule has 1 heterocycles. The molecule has 1 rings (SSSR count). The van der Waals surface area contributed by atoms with Gasteiger partial charge >= 0.3 is 0 Å². The van der Waals surface area contributed by atoms with E-state index in [-0.39, 0.29) is 5.91 Å². The Hall–Kier alpha value is -0.610. The maximum absolute atomic E-state index is 11.6. The van der Waals surface area contributed by atoms with Gasteiger partial charge in [0.15, 0.2) is 0 Å². The van der Waals surface area contributed by atoms with Gasteiger partial charge in [0.2, 0.25) is 5.91 Å². The van der Waals surface area contributed by atoms with Gasteiger partial charge in [0.1, 0.15) is 0 Å². The van der Waals surface area contributed by atoms with E-state index in [2.05, 4.69) is 5.32 Å². The molecule has 0 aromatic carbocycles. The second-order valence-corrected chi connectivity index (χ2v) is 3.73. The number of ether oxygens (including phenoxy) is 1. The van der Waals surface area contributed by atoms with Crippen LogP contribution in [0.15, 0.2) is 0 Å². The molecular weight excluding hydrogens is 180 g/mol. The maximum atomic E-state index is 11.6. The number of amides is 1. The highest BCUT2D eigenvalue weighted by Gasteiger charge is 2.21. The number of methoxy groups -OCH3 is 1. The molecule has 1 amide bonds. The van der Waals surface area contributed by atoms with Crippen LogP contribution in [0.3, 0.4) is 0 Å². The summed E-state index contributed by atoms with van der Waals surface area (Å²) in [4.78, 5) is 13.5. The topological polar surface area (TPSA) is 41.6 Å². The highest BCUT2D eigenvalue weighted by atomic mass is 16.5. The lowest BCUT2D eigenvalue weighted by Gasteiger charge is -2.31. The van der Waals surface area contributed by atoms with Crippen molar-refractivity contribution in [1.82, 2.24) is 10.2 Å². The van der Waals surface area contributed by atoms with Gasteiger partial charge in [0, 0.05) is 20.2 Å². The van der Waals surface area contributed by atoms with Gasteiger partial charge in [-0.3, -0.25) is 4.79 Å². The molecule has 0 aromatic heterocycles. The second kappa shape index (κ2) is 5.98. The van der Waals surface area contributed by atoms with Crippen LogP contribution in [0.25, 0.3) is 0 Å². The fourth-order valence-corrected chi connectivity index (χ4v) is 1.76. The largest absolute Gasteiger partial charge is 0.384 e. The number of piperidine rings is 1. The minimum atomic E-state index is 0.193. The van der Waals surface area contributed by atoms with E-state index in [4.69, 9.17) is 4.74 Å². The molecule has 1 aliphatic heterocycles. The average Bonchev–Trinajstić information content (AvgIpc) is 2.26. The van der Waals surface area contributed by atoms with Crippen LogP contribution in [-0.2, 0) is 9.53 Å². The van der Waals surface area contributed by atoms with Crippen molar-refractivity contribution < 1.29 is 9.53 Å². The predicted molar refractivity (Wildman–Crippen MR) is 55.2 cm³/mol. The summed E-state index contributed by atoms with van der Waals surface area (Å²) in [7, 11) is 3.52. The molecule has 0 aliphatic carbocycles. The number of rotatable bonds is 4. The van der Waals surface area contributed by atoms with E-state index in [0.717, 1.165) is 25.9 Å². The molecule has 0 spiro atoms. The van der Waals surface area contributed by atoms with Gasteiger partial charge in [-0.2, -0.15) is 0 Å². The molecule has 0 atom stereocenters. The first kappa shape index (κ1) is 11.5. The molecule has 0 bridgehead atoms. The van der Waals surface area contributed by atoms with Crippen molar-refractivity contribution in [1.29, 1.82) is 0 Å². The van der Waals surface area contributed by atoms with Crippen LogP contribution in [0.2, 0.25) is 0 Å². The predicted octanol–water partition coefficient (Wildman–Crippen LogP) is 0.233. The Labute approximate surface area is 85.6 Å². The first-order valence-corrected chi connectivity index (χ1v) is 5.21. The van der Waals surface area contributed by atoms with Gasteiger partial charge in [-0.25, -0.2) is 0 Å². The molecule has 14 heavy (non-hydrogen) atoms. The molecule has 0 unspecified atom stereocenters. The number of hydrogen-bond acceptors (Lipinski definition) is 3. The molecule has 0 radical (unpaired) electrons. The van der Waals surface area contributed by atoms with E-state index in [0.29, 0.717) is 19.1 Å². The number of hydrogen-bond donors (Lipinski definition) is 1. The van der Waals surface area contributed by atoms with E-state index in [1.807, 2.05) is 11.9 Å². The summed E-state index contributed by atoms with van der Waals surface area (Å²) < 4.78 is 4.89. The van der Waals surface area contributed by atoms with Gasteiger partial charge in [0.25, 0.3) is 0 Å². The minimum absolute atomic E-state index is 0.193. The van der Waals surface area contributed by atoms with E-state index >= 15 is 0 Å². The van der Waals surface area contributed by atoms with Crippen molar-refractivity contribution in [2.45, 2.75) is 25.3 Å². The van der Waals surface area contributed by atoms with Crippen molar-refractivity contribution >= 4 is 5.91 Å². The lowest BCUT2D eigenvalue weighted by Crippen LogP contribution is -2.44. The zero-order chi connectivity index (χ0) is 10.4. The number of nitrogens with zero attached hydrogens (tertiary/aromatic N) is 1. The SMILES string of the molecule is COCCC(=O)N(C)C1CCNCC1. The summed E-state index contributed by atoms with van der Waals surface area (Å²) in [5, 5.41) is 3.29. The maximum Gasteiger partial charge on any atom is 0.224 e. The molecule has 4 heteroatoms. The molecule has 1 saturated heterocycles. The van der Waals surface area contributed by atoms with E-state index < -0.39 is 0 Å². The zero-order valence-corrected chi connectivity index (χ0v) is 9.08. The molecular formula is C10H20N2O2. The lowest BCUT2D eigenvalue weighted by molar-refractivity contribution is -0.133. The Morgan fingerprint density at radius 1 is 1.50 bits per heavy atom. The van der Waals surface area contributed by atoms with E-state index in [1.165, 1.54) is 0 Å². The Balaban J connectivity index is 2.30. The van der Waals surface area contributed by atoms with E-state index in [9.17, 15) is 4.79 Å². The van der Waals surface area contributed by atoms with Crippen LogP contribution < -0.4 is 5.32 Å². The summed E-state index contributed by atoms with van der Waals surface area (Å²) >= 11 is 0. The van der Waals surface area contributed by atoms with Gasteiger partial charge < -0.3 is 15.0 Å². The first-order valence-electron chi connectivity index (χ1n) is 5.21. The van der Waals surface area contributed by atoms with Gasteiger partial charge in [0.05, 0.1) is 13.0 Å². The van der Waals surface area contributed by atoms with Crippen LogP contribution in [0, 0.1) is 0 Å². The zero-order valence-electron chi connectivity index (χ0n) is 9.08. The van der Waals surface area contributed by atoms with Crippen LogP contribution >= 0.6 is 0 Å². The highest BCUT2D eigenvalue weighted by molar-refractivity contribution is 5.76. The molecule has 4 nitrogen and oxygen atoms in total. The fraction of sp³-hybridized carbons (Fsp3) is 0.900. The van der Waals surface area contributed by atoms with Gasteiger partial charge in [-0.15, -0.1) is 0 Å². The van der Waals surface area contributed by atoms with Crippen molar-refractivity contribution in [3.8, 4) is 0 Å². The standard InChI is InChI=1S/C10H20N2O2/c1-12(10(13)5-8-14-2)9-3-6-11-7-4-9/h9,11H,3-8H2,1-2H3. The molecule has 1 fully saturated rings. The van der Waals surface area contributed by atoms with Crippen molar-refractivity contribution in [2.24, 2.45) is 0 Å². The Morgan fingerprint density at radius 2 is 2.14 bits per heavy atom. The lowest BCUT2D eigenvalue weighted by atomic mass is 10.1. The number of carbonyl (C=O) groups excluding carboxylic acids is 1. The van der Waals surface area contributed by atoms with E-state index in [1.54, 1.807) is 7.11 Å². The average molecular weight is 200 g/mol. The highest BCUT2D eigenvalue weighted by Crippen LogP contribution is 2.10. The Bertz CT molecular complexity index is 179. The fourth-order valence-electron chi connectivity index (χ4n) is 1.76. The quantitative estimate of drug-likeness (QED) is 0.706. The number of nitrogens with one attached hydrogen (secondary N) is 1. The number of carbonyl (C=O) groups is 1. The monoisotopic (exact) mass is 200 g/mol. The van der Waals surface area contributed by atoms with Crippen LogP contribution in [0.4, 0.5) is 0 Å². The van der Waals surface area contributed by atoms with Gasteiger partial charge in [-0.05, 0) is 25.9 Å². The third-order valence-electron chi connectivity index (χ3n) is 2.77. The summed E-state index contributed by atoms with van der Waals surface area (Å²) in [5.74, 6) is 0.193. The molecule has 82 valence electrons. The minimum Gasteiger partial charge on any atom is -0.384 e.